The number of ketones is 1. The number of carbonyl (C=O) groups is 1. The zero-order valence-corrected chi connectivity index (χ0v) is 10.4. The lowest BCUT2D eigenvalue weighted by Crippen LogP contribution is -2.07. The van der Waals surface area contributed by atoms with Crippen molar-refractivity contribution in [3.05, 3.63) is 22.8 Å². The molecule has 0 N–H and O–H groups in total. The van der Waals surface area contributed by atoms with Gasteiger partial charge in [-0.25, -0.2) is 0 Å². The Labute approximate surface area is 93.3 Å². The summed E-state index contributed by atoms with van der Waals surface area (Å²) in [6.07, 6.45) is 6.11. The summed E-state index contributed by atoms with van der Waals surface area (Å²) in [6.45, 7) is 8.53. The van der Waals surface area contributed by atoms with Crippen molar-refractivity contribution in [2.24, 2.45) is 5.92 Å². The van der Waals surface area contributed by atoms with Crippen LogP contribution in [0.15, 0.2) is 22.8 Å². The maximum absolute atomic E-state index is 11.7. The van der Waals surface area contributed by atoms with Gasteiger partial charge in [-0.3, -0.25) is 4.79 Å². The largest absolute Gasteiger partial charge is 0.295 e. The molecule has 1 rings (SSSR count). The van der Waals surface area contributed by atoms with Crippen LogP contribution in [0, 0.1) is 5.92 Å². The molecule has 1 aliphatic rings. The van der Waals surface area contributed by atoms with Gasteiger partial charge in [-0.1, -0.05) is 24.1 Å². The van der Waals surface area contributed by atoms with Crippen LogP contribution in [0.1, 0.15) is 53.4 Å². The molecule has 0 heterocycles. The molecule has 1 aliphatic carbocycles. The minimum absolute atomic E-state index is 0.387. The van der Waals surface area contributed by atoms with E-state index < -0.39 is 0 Å². The normalized spacial score (nSPS) is 20.0. The molecule has 0 aliphatic heterocycles. The summed E-state index contributed by atoms with van der Waals surface area (Å²) in [4.78, 5) is 11.7. The Morgan fingerprint density at radius 1 is 1.47 bits per heavy atom. The molecule has 0 aromatic rings. The molecule has 0 aromatic carbocycles. The van der Waals surface area contributed by atoms with Crippen LogP contribution >= 0.6 is 0 Å². The van der Waals surface area contributed by atoms with Gasteiger partial charge in [0, 0.05) is 6.42 Å². The Morgan fingerprint density at radius 3 is 2.60 bits per heavy atom. The van der Waals surface area contributed by atoms with E-state index in [0.29, 0.717) is 11.7 Å². The van der Waals surface area contributed by atoms with E-state index in [1.54, 1.807) is 0 Å². The Kier molecular flexibility index (Phi) is 4.31. The Bertz CT molecular complexity index is 307. The average Bonchev–Trinajstić information content (AvgIpc) is 2.54. The summed E-state index contributed by atoms with van der Waals surface area (Å²) in [7, 11) is 0. The molecule has 0 saturated heterocycles. The molecule has 0 aromatic heterocycles. The van der Waals surface area contributed by atoms with Gasteiger partial charge in [-0.2, -0.15) is 0 Å². The standard InChI is InChI=1S/C14H22O/c1-5-10(2)6-7-11(3)14-12(4)8-9-13(14)15/h5,11H,6-9H2,1-4H3. The van der Waals surface area contributed by atoms with E-state index >= 15 is 0 Å². The first-order valence-corrected chi connectivity index (χ1v) is 5.91. The highest BCUT2D eigenvalue weighted by molar-refractivity contribution is 5.98. The van der Waals surface area contributed by atoms with Crippen molar-refractivity contribution in [1.29, 1.82) is 0 Å². The van der Waals surface area contributed by atoms with Crippen LogP contribution in [-0.2, 0) is 4.79 Å². The molecule has 0 radical (unpaired) electrons. The van der Waals surface area contributed by atoms with Gasteiger partial charge in [0.2, 0.25) is 0 Å². The van der Waals surface area contributed by atoms with Crippen LogP contribution in [-0.4, -0.2) is 5.78 Å². The van der Waals surface area contributed by atoms with E-state index in [1.165, 1.54) is 11.1 Å². The predicted molar refractivity (Wildman–Crippen MR) is 64.8 cm³/mol. The summed E-state index contributed by atoms with van der Waals surface area (Å²) >= 11 is 0. The second-order valence-electron chi connectivity index (χ2n) is 4.69. The van der Waals surface area contributed by atoms with Gasteiger partial charge in [0.25, 0.3) is 0 Å². The third-order valence-corrected chi connectivity index (χ3v) is 3.44. The number of Topliss-reactive ketones (excluding diaryl/α,β-unsaturated/α-hetero) is 1. The van der Waals surface area contributed by atoms with E-state index in [2.05, 4.69) is 33.8 Å². The smallest absolute Gasteiger partial charge is 0.159 e. The van der Waals surface area contributed by atoms with Crippen molar-refractivity contribution in [3.63, 3.8) is 0 Å². The third kappa shape index (κ3) is 3.05. The fourth-order valence-electron chi connectivity index (χ4n) is 2.24. The molecule has 84 valence electrons. The van der Waals surface area contributed by atoms with E-state index in [-0.39, 0.29) is 0 Å². The highest BCUT2D eigenvalue weighted by Crippen LogP contribution is 2.31. The minimum Gasteiger partial charge on any atom is -0.295 e. The first-order valence-electron chi connectivity index (χ1n) is 5.91. The lowest BCUT2D eigenvalue weighted by molar-refractivity contribution is -0.115. The SMILES string of the molecule is CC=C(C)CCC(C)C1=C(C)CCC1=O. The van der Waals surface area contributed by atoms with Gasteiger partial charge in [0.05, 0.1) is 0 Å². The van der Waals surface area contributed by atoms with Crippen LogP contribution in [0.3, 0.4) is 0 Å². The van der Waals surface area contributed by atoms with Crippen molar-refractivity contribution in [2.75, 3.05) is 0 Å². The highest BCUT2D eigenvalue weighted by atomic mass is 16.1. The zero-order chi connectivity index (χ0) is 11.4. The van der Waals surface area contributed by atoms with Crippen molar-refractivity contribution in [1.82, 2.24) is 0 Å². The zero-order valence-electron chi connectivity index (χ0n) is 10.4. The van der Waals surface area contributed by atoms with E-state index in [4.69, 9.17) is 0 Å². The molecule has 0 bridgehead atoms. The van der Waals surface area contributed by atoms with Crippen molar-refractivity contribution in [3.8, 4) is 0 Å². The first kappa shape index (κ1) is 12.2. The van der Waals surface area contributed by atoms with Crippen LogP contribution in [0.5, 0.6) is 0 Å². The predicted octanol–water partition coefficient (Wildman–Crippen LogP) is 4.05. The fraction of sp³-hybridized carbons (Fsp3) is 0.643. The number of rotatable bonds is 4. The number of hydrogen-bond donors (Lipinski definition) is 0. The lowest BCUT2D eigenvalue weighted by atomic mass is 9.91. The first-order chi connectivity index (χ1) is 7.06. The minimum atomic E-state index is 0.387. The second-order valence-corrected chi connectivity index (χ2v) is 4.69. The van der Waals surface area contributed by atoms with Crippen LogP contribution in [0.2, 0.25) is 0 Å². The van der Waals surface area contributed by atoms with Crippen LogP contribution in [0.4, 0.5) is 0 Å². The highest BCUT2D eigenvalue weighted by Gasteiger charge is 2.24. The molecule has 1 heteroatoms. The van der Waals surface area contributed by atoms with Gasteiger partial charge in [-0.15, -0.1) is 0 Å². The van der Waals surface area contributed by atoms with Gasteiger partial charge < -0.3 is 0 Å². The Morgan fingerprint density at radius 2 is 2.13 bits per heavy atom. The third-order valence-electron chi connectivity index (χ3n) is 3.44. The molecule has 0 fully saturated rings. The summed E-state index contributed by atoms with van der Waals surface area (Å²) in [5, 5.41) is 0. The molecule has 0 amide bonds. The molecule has 0 saturated carbocycles. The maximum Gasteiger partial charge on any atom is 0.159 e. The average molecular weight is 206 g/mol. The van der Waals surface area contributed by atoms with E-state index in [1.807, 2.05) is 0 Å². The molecule has 1 nitrogen and oxygen atoms in total. The topological polar surface area (TPSA) is 17.1 Å². The molecular weight excluding hydrogens is 184 g/mol. The number of carbonyl (C=O) groups excluding carboxylic acids is 1. The van der Waals surface area contributed by atoms with Gasteiger partial charge in [0.15, 0.2) is 5.78 Å². The summed E-state index contributed by atoms with van der Waals surface area (Å²) in [6, 6.07) is 0. The molecule has 1 unspecified atom stereocenters. The Hall–Kier alpha value is -0.850. The lowest BCUT2D eigenvalue weighted by Gasteiger charge is -2.13. The maximum atomic E-state index is 11.7. The fourth-order valence-corrected chi connectivity index (χ4v) is 2.24. The van der Waals surface area contributed by atoms with E-state index in [9.17, 15) is 4.79 Å². The quantitative estimate of drug-likeness (QED) is 0.634. The van der Waals surface area contributed by atoms with Gasteiger partial charge in [-0.05, 0) is 51.5 Å². The molecule has 15 heavy (non-hydrogen) atoms. The summed E-state index contributed by atoms with van der Waals surface area (Å²) in [5.41, 5.74) is 3.87. The van der Waals surface area contributed by atoms with Gasteiger partial charge >= 0.3 is 0 Å². The molecular formula is C14H22O. The monoisotopic (exact) mass is 206 g/mol. The van der Waals surface area contributed by atoms with Crippen molar-refractivity contribution in [2.45, 2.75) is 53.4 Å². The second kappa shape index (κ2) is 5.29. The van der Waals surface area contributed by atoms with Crippen LogP contribution in [0.25, 0.3) is 0 Å². The van der Waals surface area contributed by atoms with Crippen molar-refractivity contribution >= 4 is 5.78 Å². The Balaban J connectivity index is 2.57. The molecule has 1 atom stereocenters. The summed E-state index contributed by atoms with van der Waals surface area (Å²) in [5.74, 6) is 0.827. The van der Waals surface area contributed by atoms with E-state index in [0.717, 1.165) is 31.3 Å². The summed E-state index contributed by atoms with van der Waals surface area (Å²) < 4.78 is 0. The number of allylic oxidation sites excluding steroid dienone is 4. The van der Waals surface area contributed by atoms with Gasteiger partial charge in [0.1, 0.15) is 0 Å². The van der Waals surface area contributed by atoms with Crippen LogP contribution < -0.4 is 0 Å². The number of hydrogen-bond acceptors (Lipinski definition) is 1. The van der Waals surface area contributed by atoms with Crippen molar-refractivity contribution < 1.29 is 4.79 Å². The molecule has 0 spiro atoms.